The lowest BCUT2D eigenvalue weighted by molar-refractivity contribution is -0.258. The van der Waals surface area contributed by atoms with Crippen LogP contribution < -0.4 is 10.6 Å². The summed E-state index contributed by atoms with van der Waals surface area (Å²) in [6.07, 6.45) is -3.37. The summed E-state index contributed by atoms with van der Waals surface area (Å²) in [5, 5.41) is 14.6. The number of oxazole rings is 1. The first-order valence-corrected chi connectivity index (χ1v) is 9.63. The first-order valence-electron chi connectivity index (χ1n) is 8.87. The Hall–Kier alpha value is -1.81. The second-order valence-corrected chi connectivity index (χ2v) is 8.73. The van der Waals surface area contributed by atoms with Gasteiger partial charge in [-0.15, -0.1) is 0 Å². The summed E-state index contributed by atoms with van der Waals surface area (Å²) in [5.41, 5.74) is -3.98. The van der Waals surface area contributed by atoms with Crippen molar-refractivity contribution in [2.45, 2.75) is 51.4 Å². The fourth-order valence-electron chi connectivity index (χ4n) is 2.36. The highest BCUT2D eigenvalue weighted by Gasteiger charge is 2.51. The van der Waals surface area contributed by atoms with Crippen LogP contribution in [0.1, 0.15) is 44.9 Å². The van der Waals surface area contributed by atoms with Crippen molar-refractivity contribution in [3.05, 3.63) is 45.6 Å². The second kappa shape index (κ2) is 8.74. The van der Waals surface area contributed by atoms with Crippen molar-refractivity contribution >= 4 is 34.8 Å². The average molecular weight is 468 g/mol. The van der Waals surface area contributed by atoms with Crippen LogP contribution in [0, 0.1) is 0 Å². The third-order valence-corrected chi connectivity index (χ3v) is 4.80. The number of hydrogen-bond acceptors (Lipinski definition) is 5. The van der Waals surface area contributed by atoms with Crippen molar-refractivity contribution in [1.29, 1.82) is 0 Å². The Morgan fingerprint density at radius 3 is 2.20 bits per heavy atom. The van der Waals surface area contributed by atoms with Gasteiger partial charge in [-0.25, -0.2) is 4.98 Å². The van der Waals surface area contributed by atoms with E-state index < -0.39 is 23.2 Å². The van der Waals surface area contributed by atoms with Crippen LogP contribution in [0.25, 0.3) is 0 Å². The van der Waals surface area contributed by atoms with E-state index in [0.29, 0.717) is 18.6 Å². The van der Waals surface area contributed by atoms with Crippen molar-refractivity contribution in [3.8, 4) is 0 Å². The van der Waals surface area contributed by atoms with E-state index in [0.717, 1.165) is 12.1 Å². The molecule has 0 saturated carbocycles. The number of aromatic nitrogens is 1. The summed E-state index contributed by atoms with van der Waals surface area (Å²) in [6.45, 7) is 6.56. The number of halogens is 5. The molecule has 0 spiro atoms. The van der Waals surface area contributed by atoms with Gasteiger partial charge >= 0.3 is 6.18 Å². The number of hydrogen-bond donors (Lipinski definition) is 3. The molecular formula is C19H22Cl2F3N3O3. The summed E-state index contributed by atoms with van der Waals surface area (Å²) in [6, 6.07) is 1.82. The van der Waals surface area contributed by atoms with Gasteiger partial charge in [0.05, 0.1) is 35.0 Å². The number of nitrogens with zero attached hydrogens (tertiary/aromatic N) is 1. The van der Waals surface area contributed by atoms with Gasteiger partial charge in [0.25, 0.3) is 0 Å². The molecule has 2 rings (SSSR count). The van der Waals surface area contributed by atoms with Gasteiger partial charge in [-0.2, -0.15) is 13.2 Å². The van der Waals surface area contributed by atoms with Gasteiger partial charge in [0.1, 0.15) is 5.76 Å². The number of carbonyl (C=O) groups excluding carboxylic acids is 1. The fraction of sp³-hybridized carbons (Fsp3) is 0.474. The van der Waals surface area contributed by atoms with Crippen LogP contribution in [0.15, 0.2) is 22.7 Å². The lowest BCUT2D eigenvalue weighted by Gasteiger charge is -2.27. The van der Waals surface area contributed by atoms with Gasteiger partial charge in [0.15, 0.2) is 11.5 Å². The summed E-state index contributed by atoms with van der Waals surface area (Å²) in [7, 11) is 0. The summed E-state index contributed by atoms with van der Waals surface area (Å²) in [4.78, 5) is 16.3. The zero-order valence-electron chi connectivity index (χ0n) is 16.7. The number of anilines is 1. The molecule has 0 radical (unpaired) electrons. The van der Waals surface area contributed by atoms with E-state index >= 15 is 0 Å². The number of aliphatic hydroxyl groups is 1. The van der Waals surface area contributed by atoms with Gasteiger partial charge in [0.2, 0.25) is 5.91 Å². The van der Waals surface area contributed by atoms with E-state index in [2.05, 4.69) is 15.6 Å². The number of rotatable bonds is 6. The molecule has 30 heavy (non-hydrogen) atoms. The van der Waals surface area contributed by atoms with Gasteiger partial charge in [-0.05, 0) is 24.6 Å². The van der Waals surface area contributed by atoms with Crippen LogP contribution in [0.2, 0.25) is 10.0 Å². The molecule has 6 nitrogen and oxygen atoms in total. The molecule has 1 amide bonds. The molecule has 1 aromatic carbocycles. The molecule has 0 saturated heterocycles. The minimum absolute atomic E-state index is 0.0541. The van der Waals surface area contributed by atoms with Crippen molar-refractivity contribution < 1.29 is 27.5 Å². The maximum atomic E-state index is 13.0. The molecule has 166 valence electrons. The van der Waals surface area contributed by atoms with Gasteiger partial charge in [0, 0.05) is 5.41 Å². The van der Waals surface area contributed by atoms with Crippen molar-refractivity contribution in [1.82, 2.24) is 10.3 Å². The highest BCUT2D eigenvalue weighted by molar-refractivity contribution is 6.39. The minimum atomic E-state index is -4.93. The van der Waals surface area contributed by atoms with E-state index in [1.807, 2.05) is 20.8 Å². The molecular weight excluding hydrogens is 446 g/mol. The molecule has 0 fully saturated rings. The lowest BCUT2D eigenvalue weighted by atomic mass is 9.95. The van der Waals surface area contributed by atoms with Gasteiger partial charge < -0.3 is 20.2 Å². The molecule has 11 heteroatoms. The van der Waals surface area contributed by atoms with Crippen molar-refractivity contribution in [3.63, 3.8) is 0 Å². The zero-order chi connectivity index (χ0) is 22.9. The number of amides is 1. The van der Waals surface area contributed by atoms with E-state index in [1.165, 1.54) is 0 Å². The Morgan fingerprint density at radius 1 is 1.17 bits per heavy atom. The molecule has 0 aliphatic carbocycles. The first kappa shape index (κ1) is 24.5. The predicted octanol–water partition coefficient (Wildman–Crippen LogP) is 4.78. The first-order chi connectivity index (χ1) is 13.6. The topological polar surface area (TPSA) is 87.4 Å². The quantitative estimate of drug-likeness (QED) is 0.568. The number of carbonyl (C=O) groups is 1. The predicted molar refractivity (Wildman–Crippen MR) is 108 cm³/mol. The standard InChI is InChI=1S/C19H22Cl2F3N3O3/c1-17(2,3)16-26-8-11(30-16)7-25-9-14(28)27-15-12(20)5-10(6-13(15)21)18(4,29)19(22,23)24/h5-6,8,25,29H,7,9H2,1-4H3,(H,27,28). The Morgan fingerprint density at radius 2 is 1.73 bits per heavy atom. The maximum absolute atomic E-state index is 13.0. The largest absolute Gasteiger partial charge is 0.444 e. The summed E-state index contributed by atoms with van der Waals surface area (Å²) >= 11 is 12.0. The molecule has 1 heterocycles. The average Bonchev–Trinajstić information content (AvgIpc) is 3.06. The van der Waals surface area contributed by atoms with Crippen LogP contribution in [0.5, 0.6) is 0 Å². The molecule has 0 aliphatic rings. The SMILES string of the molecule is CC(C)(C)c1ncc(CNCC(=O)Nc2c(Cl)cc(C(C)(O)C(F)(F)F)cc2Cl)o1. The molecule has 3 N–H and O–H groups in total. The number of nitrogens with one attached hydrogen (secondary N) is 2. The van der Waals surface area contributed by atoms with E-state index in [9.17, 15) is 23.1 Å². The normalized spacial score (nSPS) is 14.5. The van der Waals surface area contributed by atoms with Gasteiger partial charge in [-0.1, -0.05) is 44.0 Å². The Kier molecular flexibility index (Phi) is 7.13. The molecule has 0 aliphatic heterocycles. The fourth-order valence-corrected chi connectivity index (χ4v) is 2.94. The van der Waals surface area contributed by atoms with Crippen molar-refractivity contribution in [2.24, 2.45) is 0 Å². The Balaban J connectivity index is 2.01. The van der Waals surface area contributed by atoms with Crippen LogP contribution >= 0.6 is 23.2 Å². The van der Waals surface area contributed by atoms with Crippen LogP contribution in [0.4, 0.5) is 18.9 Å². The maximum Gasteiger partial charge on any atom is 0.421 e. The molecule has 2 aromatic rings. The third-order valence-electron chi connectivity index (χ3n) is 4.20. The molecule has 1 unspecified atom stereocenters. The van der Waals surface area contributed by atoms with E-state index in [-0.39, 0.29) is 34.2 Å². The Labute approximate surface area is 181 Å². The molecule has 1 aromatic heterocycles. The third kappa shape index (κ3) is 5.66. The van der Waals surface area contributed by atoms with Gasteiger partial charge in [-0.3, -0.25) is 4.79 Å². The summed E-state index contributed by atoms with van der Waals surface area (Å²) < 4.78 is 44.6. The van der Waals surface area contributed by atoms with Crippen LogP contribution in [-0.2, 0) is 22.4 Å². The van der Waals surface area contributed by atoms with E-state index in [1.54, 1.807) is 6.20 Å². The van der Waals surface area contributed by atoms with Crippen LogP contribution in [-0.4, -0.2) is 28.7 Å². The molecule has 0 bridgehead atoms. The number of benzene rings is 1. The van der Waals surface area contributed by atoms with E-state index in [4.69, 9.17) is 27.6 Å². The smallest absolute Gasteiger partial charge is 0.421 e. The van der Waals surface area contributed by atoms with Crippen LogP contribution in [0.3, 0.4) is 0 Å². The molecule has 1 atom stereocenters. The summed E-state index contributed by atoms with van der Waals surface area (Å²) in [5.74, 6) is 0.587. The highest BCUT2D eigenvalue weighted by atomic mass is 35.5. The monoisotopic (exact) mass is 467 g/mol. The lowest BCUT2D eigenvalue weighted by Crippen LogP contribution is -2.39. The Bertz CT molecular complexity index is 899. The number of alkyl halides is 3. The zero-order valence-corrected chi connectivity index (χ0v) is 18.3. The second-order valence-electron chi connectivity index (χ2n) is 7.92. The van der Waals surface area contributed by atoms with Crippen molar-refractivity contribution in [2.75, 3.05) is 11.9 Å². The minimum Gasteiger partial charge on any atom is -0.444 e. The highest BCUT2D eigenvalue weighted by Crippen LogP contribution is 2.42.